The lowest BCUT2D eigenvalue weighted by Crippen LogP contribution is -2.22. The van der Waals surface area contributed by atoms with Gasteiger partial charge in [-0.2, -0.15) is 0 Å². The summed E-state index contributed by atoms with van der Waals surface area (Å²) >= 11 is 0. The molecule has 27 heavy (non-hydrogen) atoms. The molecule has 0 fully saturated rings. The Balaban J connectivity index is 1.77. The highest BCUT2D eigenvalue weighted by atomic mass is 16.5. The first-order chi connectivity index (χ1) is 13.3. The van der Waals surface area contributed by atoms with Crippen molar-refractivity contribution in [2.75, 3.05) is 26.4 Å². The SMILES string of the molecule is OCCCCCCCCCCCCCOCC(O)COCc1ccccc1. The van der Waals surface area contributed by atoms with E-state index < -0.39 is 6.10 Å². The molecule has 0 aliphatic carbocycles. The average Bonchev–Trinajstić information content (AvgIpc) is 2.69. The Morgan fingerprint density at radius 1 is 0.667 bits per heavy atom. The molecule has 1 atom stereocenters. The zero-order chi connectivity index (χ0) is 19.4. The maximum atomic E-state index is 9.86. The van der Waals surface area contributed by atoms with Gasteiger partial charge in [-0.25, -0.2) is 0 Å². The summed E-state index contributed by atoms with van der Waals surface area (Å²) in [4.78, 5) is 0. The maximum absolute atomic E-state index is 9.86. The van der Waals surface area contributed by atoms with E-state index in [1.54, 1.807) is 0 Å². The molecule has 2 N–H and O–H groups in total. The van der Waals surface area contributed by atoms with Gasteiger partial charge in [-0.1, -0.05) is 88.1 Å². The first-order valence-corrected chi connectivity index (χ1v) is 10.8. The van der Waals surface area contributed by atoms with Gasteiger partial charge in [-0.15, -0.1) is 0 Å². The van der Waals surface area contributed by atoms with E-state index in [9.17, 15) is 5.11 Å². The summed E-state index contributed by atoms with van der Waals surface area (Å²) in [5, 5.41) is 18.6. The highest BCUT2D eigenvalue weighted by Crippen LogP contribution is 2.11. The van der Waals surface area contributed by atoms with Crippen molar-refractivity contribution in [3.05, 3.63) is 35.9 Å². The van der Waals surface area contributed by atoms with Crippen LogP contribution in [0, 0.1) is 0 Å². The molecule has 0 saturated carbocycles. The van der Waals surface area contributed by atoms with Gasteiger partial charge in [0.25, 0.3) is 0 Å². The Kier molecular flexibility index (Phi) is 16.4. The standard InChI is InChI=1S/C23H40O4/c24-17-13-8-6-4-2-1-3-5-7-9-14-18-26-20-23(25)21-27-19-22-15-11-10-12-16-22/h10-12,15-16,23-25H,1-9,13-14,17-21H2. The molecule has 1 unspecified atom stereocenters. The molecule has 0 spiro atoms. The van der Waals surface area contributed by atoms with E-state index in [1.807, 2.05) is 30.3 Å². The molecular formula is C23H40O4. The van der Waals surface area contributed by atoms with Crippen LogP contribution in [0.3, 0.4) is 0 Å². The van der Waals surface area contributed by atoms with E-state index in [0.717, 1.165) is 25.0 Å². The minimum Gasteiger partial charge on any atom is -0.396 e. The van der Waals surface area contributed by atoms with E-state index in [0.29, 0.717) is 26.4 Å². The quantitative estimate of drug-likeness (QED) is 0.336. The number of ether oxygens (including phenoxy) is 2. The van der Waals surface area contributed by atoms with Crippen LogP contribution >= 0.6 is 0 Å². The molecule has 0 amide bonds. The second-order valence-electron chi connectivity index (χ2n) is 7.34. The molecule has 156 valence electrons. The van der Waals surface area contributed by atoms with E-state index in [1.165, 1.54) is 57.8 Å². The van der Waals surface area contributed by atoms with Gasteiger partial charge in [-0.05, 0) is 18.4 Å². The molecule has 0 radical (unpaired) electrons. The van der Waals surface area contributed by atoms with Crippen molar-refractivity contribution >= 4 is 0 Å². The van der Waals surface area contributed by atoms with E-state index in [4.69, 9.17) is 14.6 Å². The molecule has 0 saturated heterocycles. The molecule has 4 heteroatoms. The molecule has 1 aromatic rings. The minimum atomic E-state index is -0.550. The van der Waals surface area contributed by atoms with Crippen LogP contribution in [0.15, 0.2) is 30.3 Å². The topological polar surface area (TPSA) is 58.9 Å². The molecule has 4 nitrogen and oxygen atoms in total. The molecule has 0 bridgehead atoms. The average molecular weight is 381 g/mol. The molecule has 0 aliphatic rings. The monoisotopic (exact) mass is 380 g/mol. The number of rotatable bonds is 19. The molecule has 0 aromatic heterocycles. The highest BCUT2D eigenvalue weighted by Gasteiger charge is 2.04. The van der Waals surface area contributed by atoms with Gasteiger partial charge >= 0.3 is 0 Å². The summed E-state index contributed by atoms with van der Waals surface area (Å²) in [5.74, 6) is 0. The third-order valence-electron chi connectivity index (χ3n) is 4.68. The summed E-state index contributed by atoms with van der Waals surface area (Å²) in [6.07, 6.45) is 13.0. The van der Waals surface area contributed by atoms with Crippen molar-refractivity contribution < 1.29 is 19.7 Å². The summed E-state index contributed by atoms with van der Waals surface area (Å²) in [5.41, 5.74) is 1.12. The Morgan fingerprint density at radius 2 is 1.19 bits per heavy atom. The van der Waals surface area contributed by atoms with Crippen LogP contribution < -0.4 is 0 Å². The first-order valence-electron chi connectivity index (χ1n) is 10.8. The fourth-order valence-corrected chi connectivity index (χ4v) is 3.06. The van der Waals surface area contributed by atoms with Gasteiger partial charge < -0.3 is 19.7 Å². The first kappa shape index (κ1) is 24.1. The van der Waals surface area contributed by atoms with E-state index in [2.05, 4.69) is 0 Å². The molecule has 1 rings (SSSR count). The predicted molar refractivity (Wildman–Crippen MR) is 111 cm³/mol. The molecular weight excluding hydrogens is 340 g/mol. The van der Waals surface area contributed by atoms with Gasteiger partial charge in [0.1, 0.15) is 6.10 Å². The molecule has 1 aromatic carbocycles. The smallest absolute Gasteiger partial charge is 0.101 e. The van der Waals surface area contributed by atoms with Gasteiger partial charge in [0.2, 0.25) is 0 Å². The number of unbranched alkanes of at least 4 members (excludes halogenated alkanes) is 10. The Morgan fingerprint density at radius 3 is 1.78 bits per heavy atom. The lowest BCUT2D eigenvalue weighted by molar-refractivity contribution is -0.0239. The zero-order valence-electron chi connectivity index (χ0n) is 17.0. The van der Waals surface area contributed by atoms with Crippen molar-refractivity contribution in [1.82, 2.24) is 0 Å². The number of hydrogen-bond acceptors (Lipinski definition) is 4. The van der Waals surface area contributed by atoms with Crippen molar-refractivity contribution in [3.63, 3.8) is 0 Å². The fourth-order valence-electron chi connectivity index (χ4n) is 3.06. The second kappa shape index (κ2) is 18.4. The van der Waals surface area contributed by atoms with Crippen molar-refractivity contribution in [2.45, 2.75) is 83.3 Å². The van der Waals surface area contributed by atoms with Crippen molar-refractivity contribution in [3.8, 4) is 0 Å². The molecule has 0 heterocycles. The zero-order valence-corrected chi connectivity index (χ0v) is 17.0. The van der Waals surface area contributed by atoms with Gasteiger partial charge in [-0.3, -0.25) is 0 Å². The Bertz CT molecular complexity index is 410. The van der Waals surface area contributed by atoms with Crippen LogP contribution in [0.2, 0.25) is 0 Å². The fraction of sp³-hybridized carbons (Fsp3) is 0.739. The third-order valence-corrected chi connectivity index (χ3v) is 4.68. The predicted octanol–water partition coefficient (Wildman–Crippen LogP) is 4.86. The lowest BCUT2D eigenvalue weighted by atomic mass is 10.1. The van der Waals surface area contributed by atoms with Crippen LogP contribution in [-0.2, 0) is 16.1 Å². The third kappa shape index (κ3) is 15.8. The van der Waals surface area contributed by atoms with Gasteiger partial charge in [0, 0.05) is 13.2 Å². The molecule has 0 aliphatic heterocycles. The van der Waals surface area contributed by atoms with Crippen molar-refractivity contribution in [2.24, 2.45) is 0 Å². The van der Waals surface area contributed by atoms with Gasteiger partial charge in [0.05, 0.1) is 19.8 Å². The van der Waals surface area contributed by atoms with Crippen LogP contribution in [0.5, 0.6) is 0 Å². The van der Waals surface area contributed by atoms with E-state index >= 15 is 0 Å². The van der Waals surface area contributed by atoms with E-state index in [-0.39, 0.29) is 0 Å². The maximum Gasteiger partial charge on any atom is 0.101 e. The number of hydrogen-bond donors (Lipinski definition) is 2. The van der Waals surface area contributed by atoms with Crippen molar-refractivity contribution in [1.29, 1.82) is 0 Å². The minimum absolute atomic E-state index is 0.314. The lowest BCUT2D eigenvalue weighted by Gasteiger charge is -2.12. The number of aliphatic hydroxyl groups is 2. The summed E-state index contributed by atoms with van der Waals surface area (Å²) in [6.45, 7) is 2.26. The van der Waals surface area contributed by atoms with Gasteiger partial charge in [0.15, 0.2) is 0 Å². The van der Waals surface area contributed by atoms with Crippen LogP contribution in [0.4, 0.5) is 0 Å². The van der Waals surface area contributed by atoms with Crippen LogP contribution in [0.25, 0.3) is 0 Å². The number of aliphatic hydroxyl groups excluding tert-OH is 2. The Hall–Kier alpha value is -0.940. The summed E-state index contributed by atoms with van der Waals surface area (Å²) < 4.78 is 11.1. The number of benzene rings is 1. The summed E-state index contributed by atoms with van der Waals surface area (Å²) in [6, 6.07) is 9.98. The normalized spacial score (nSPS) is 12.4. The second-order valence-corrected chi connectivity index (χ2v) is 7.34. The van der Waals surface area contributed by atoms with Crippen LogP contribution in [0.1, 0.15) is 76.2 Å². The summed E-state index contributed by atoms with van der Waals surface area (Å²) in [7, 11) is 0. The Labute approximate surface area is 165 Å². The highest BCUT2D eigenvalue weighted by molar-refractivity contribution is 5.13. The largest absolute Gasteiger partial charge is 0.396 e. The van der Waals surface area contributed by atoms with Crippen LogP contribution in [-0.4, -0.2) is 42.7 Å².